The Kier molecular flexibility index (Phi) is 4.19. The lowest BCUT2D eigenvalue weighted by Crippen LogP contribution is -2.19. The molecular formula is C18H16FN3O. The number of hydrogen-bond donors (Lipinski definition) is 1. The Morgan fingerprint density at radius 1 is 1.13 bits per heavy atom. The van der Waals surface area contributed by atoms with Gasteiger partial charge in [-0.15, -0.1) is 0 Å². The van der Waals surface area contributed by atoms with Gasteiger partial charge >= 0.3 is 0 Å². The molecule has 0 saturated carbocycles. The Morgan fingerprint density at radius 2 is 1.83 bits per heavy atom. The first-order valence-corrected chi connectivity index (χ1v) is 7.29. The molecule has 0 aliphatic carbocycles. The van der Waals surface area contributed by atoms with Crippen molar-refractivity contribution in [1.82, 2.24) is 9.55 Å². The standard InChI is InChI=1S/C18H16FN3O/c1-13(14-7-3-2-4-8-14)22-12-20-11-17(22)18(23)21-16-10-6-5-9-15(16)19/h2-13H,1H3,(H,21,23)/t13-/m1/s1. The van der Waals surface area contributed by atoms with Gasteiger partial charge in [-0.25, -0.2) is 9.37 Å². The van der Waals surface area contributed by atoms with Gasteiger partial charge in [0.15, 0.2) is 0 Å². The van der Waals surface area contributed by atoms with Crippen molar-refractivity contribution in [2.45, 2.75) is 13.0 Å². The maximum absolute atomic E-state index is 13.7. The van der Waals surface area contributed by atoms with Crippen LogP contribution in [-0.4, -0.2) is 15.5 Å². The van der Waals surface area contributed by atoms with Gasteiger partial charge in [-0.1, -0.05) is 42.5 Å². The van der Waals surface area contributed by atoms with Gasteiger partial charge in [-0.2, -0.15) is 0 Å². The molecule has 23 heavy (non-hydrogen) atoms. The molecule has 0 aliphatic rings. The lowest BCUT2D eigenvalue weighted by molar-refractivity contribution is 0.101. The number of para-hydroxylation sites is 1. The number of carbonyl (C=O) groups excluding carboxylic acids is 1. The van der Waals surface area contributed by atoms with Crippen molar-refractivity contribution in [3.8, 4) is 0 Å². The van der Waals surface area contributed by atoms with Crippen LogP contribution < -0.4 is 5.32 Å². The van der Waals surface area contributed by atoms with E-state index in [2.05, 4.69) is 10.3 Å². The summed E-state index contributed by atoms with van der Waals surface area (Å²) in [6, 6.07) is 15.8. The maximum atomic E-state index is 13.7. The molecule has 116 valence electrons. The number of nitrogens with one attached hydrogen (secondary N) is 1. The molecule has 2 aromatic carbocycles. The van der Waals surface area contributed by atoms with Crippen molar-refractivity contribution in [3.63, 3.8) is 0 Å². The molecule has 0 radical (unpaired) electrons. The summed E-state index contributed by atoms with van der Waals surface area (Å²) in [5.41, 5.74) is 1.59. The molecule has 0 unspecified atom stereocenters. The van der Waals surface area contributed by atoms with E-state index in [1.165, 1.54) is 18.3 Å². The van der Waals surface area contributed by atoms with Gasteiger partial charge in [0.05, 0.1) is 24.3 Å². The second kappa shape index (κ2) is 6.44. The fraction of sp³-hybridized carbons (Fsp3) is 0.111. The second-order valence-corrected chi connectivity index (χ2v) is 5.21. The molecule has 0 bridgehead atoms. The third kappa shape index (κ3) is 3.13. The lowest BCUT2D eigenvalue weighted by Gasteiger charge is -2.17. The first-order chi connectivity index (χ1) is 11.2. The third-order valence-corrected chi connectivity index (χ3v) is 3.72. The summed E-state index contributed by atoms with van der Waals surface area (Å²) in [4.78, 5) is 16.5. The highest BCUT2D eigenvalue weighted by Crippen LogP contribution is 2.20. The van der Waals surface area contributed by atoms with E-state index in [-0.39, 0.29) is 11.7 Å². The van der Waals surface area contributed by atoms with Gasteiger partial charge in [-0.3, -0.25) is 4.79 Å². The summed E-state index contributed by atoms with van der Waals surface area (Å²) in [6.07, 6.45) is 3.09. The minimum Gasteiger partial charge on any atom is -0.319 e. The summed E-state index contributed by atoms with van der Waals surface area (Å²) in [6.45, 7) is 1.98. The number of imidazole rings is 1. The van der Waals surface area contributed by atoms with Crippen molar-refractivity contribution in [2.75, 3.05) is 5.32 Å². The third-order valence-electron chi connectivity index (χ3n) is 3.72. The number of nitrogens with zero attached hydrogens (tertiary/aromatic N) is 2. The van der Waals surface area contributed by atoms with Crippen LogP contribution in [0.4, 0.5) is 10.1 Å². The Bertz CT molecular complexity index is 814. The smallest absolute Gasteiger partial charge is 0.274 e. The number of benzene rings is 2. The molecule has 1 atom stereocenters. The van der Waals surface area contributed by atoms with Crippen molar-refractivity contribution in [3.05, 3.63) is 84.2 Å². The van der Waals surface area contributed by atoms with Gasteiger partial charge in [0, 0.05) is 0 Å². The van der Waals surface area contributed by atoms with E-state index in [1.807, 2.05) is 37.3 Å². The Morgan fingerprint density at radius 3 is 2.57 bits per heavy atom. The highest BCUT2D eigenvalue weighted by Gasteiger charge is 2.18. The minimum atomic E-state index is -0.469. The molecule has 1 aromatic heterocycles. The molecule has 1 N–H and O–H groups in total. The zero-order chi connectivity index (χ0) is 16.2. The van der Waals surface area contributed by atoms with E-state index in [1.54, 1.807) is 23.0 Å². The molecule has 0 fully saturated rings. The lowest BCUT2D eigenvalue weighted by atomic mass is 10.1. The summed E-state index contributed by atoms with van der Waals surface area (Å²) < 4.78 is 15.4. The van der Waals surface area contributed by atoms with Crippen LogP contribution in [0.5, 0.6) is 0 Å². The topological polar surface area (TPSA) is 46.9 Å². The minimum absolute atomic E-state index is 0.0555. The van der Waals surface area contributed by atoms with Gasteiger partial charge in [-0.05, 0) is 24.6 Å². The summed E-state index contributed by atoms with van der Waals surface area (Å²) >= 11 is 0. The zero-order valence-corrected chi connectivity index (χ0v) is 12.6. The van der Waals surface area contributed by atoms with E-state index in [0.717, 1.165) is 5.56 Å². The van der Waals surface area contributed by atoms with E-state index in [9.17, 15) is 9.18 Å². The highest BCUT2D eigenvalue weighted by atomic mass is 19.1. The van der Waals surface area contributed by atoms with Crippen LogP contribution in [0.1, 0.15) is 29.0 Å². The van der Waals surface area contributed by atoms with Crippen LogP contribution in [0.2, 0.25) is 0 Å². The predicted octanol–water partition coefficient (Wildman–Crippen LogP) is 3.88. The summed E-state index contributed by atoms with van der Waals surface area (Å²) in [5.74, 6) is -0.863. The molecule has 0 aliphatic heterocycles. The number of halogens is 1. The molecule has 5 heteroatoms. The normalized spacial score (nSPS) is 11.9. The number of hydrogen-bond acceptors (Lipinski definition) is 2. The largest absolute Gasteiger partial charge is 0.319 e. The van der Waals surface area contributed by atoms with Crippen LogP contribution >= 0.6 is 0 Å². The second-order valence-electron chi connectivity index (χ2n) is 5.21. The fourth-order valence-electron chi connectivity index (χ4n) is 2.43. The van der Waals surface area contributed by atoms with Crippen LogP contribution in [0.15, 0.2) is 67.1 Å². The monoisotopic (exact) mass is 309 g/mol. The van der Waals surface area contributed by atoms with Crippen molar-refractivity contribution in [1.29, 1.82) is 0 Å². The number of amides is 1. The van der Waals surface area contributed by atoms with Crippen molar-refractivity contribution in [2.24, 2.45) is 0 Å². The Hall–Kier alpha value is -2.95. The van der Waals surface area contributed by atoms with Gasteiger partial charge < -0.3 is 9.88 Å². The molecule has 0 saturated heterocycles. The van der Waals surface area contributed by atoms with Crippen LogP contribution in [-0.2, 0) is 0 Å². The Balaban J connectivity index is 1.86. The molecule has 1 heterocycles. The SMILES string of the molecule is C[C@H](c1ccccc1)n1cncc1C(=O)Nc1ccccc1F. The molecular weight excluding hydrogens is 293 g/mol. The summed E-state index contributed by atoms with van der Waals surface area (Å²) in [5, 5.41) is 2.58. The number of rotatable bonds is 4. The average Bonchev–Trinajstić information content (AvgIpc) is 3.07. The van der Waals surface area contributed by atoms with Gasteiger partial charge in [0.2, 0.25) is 0 Å². The van der Waals surface area contributed by atoms with Gasteiger partial charge in [0.1, 0.15) is 11.5 Å². The van der Waals surface area contributed by atoms with E-state index in [4.69, 9.17) is 0 Å². The maximum Gasteiger partial charge on any atom is 0.274 e. The van der Waals surface area contributed by atoms with Crippen molar-refractivity contribution < 1.29 is 9.18 Å². The number of carbonyl (C=O) groups is 1. The average molecular weight is 309 g/mol. The fourth-order valence-corrected chi connectivity index (χ4v) is 2.43. The van der Waals surface area contributed by atoms with Crippen LogP contribution in [0, 0.1) is 5.82 Å². The molecule has 3 aromatic rings. The Labute approximate surface area is 133 Å². The molecule has 3 rings (SSSR count). The molecule has 1 amide bonds. The van der Waals surface area contributed by atoms with Gasteiger partial charge in [0.25, 0.3) is 5.91 Å². The van der Waals surface area contributed by atoms with Crippen molar-refractivity contribution >= 4 is 11.6 Å². The first kappa shape index (κ1) is 15.0. The van der Waals surface area contributed by atoms with E-state index < -0.39 is 11.7 Å². The predicted molar refractivity (Wildman–Crippen MR) is 86.8 cm³/mol. The van der Waals surface area contributed by atoms with Crippen LogP contribution in [0.25, 0.3) is 0 Å². The quantitative estimate of drug-likeness (QED) is 0.795. The van der Waals surface area contributed by atoms with E-state index >= 15 is 0 Å². The first-order valence-electron chi connectivity index (χ1n) is 7.29. The zero-order valence-electron chi connectivity index (χ0n) is 12.6. The molecule has 4 nitrogen and oxygen atoms in total. The highest BCUT2D eigenvalue weighted by molar-refractivity contribution is 6.03. The summed E-state index contributed by atoms with van der Waals surface area (Å²) in [7, 11) is 0. The number of aromatic nitrogens is 2. The number of anilines is 1. The molecule has 0 spiro atoms. The van der Waals surface area contributed by atoms with Crippen LogP contribution in [0.3, 0.4) is 0 Å². The van der Waals surface area contributed by atoms with E-state index in [0.29, 0.717) is 5.69 Å².